The molecule has 33 heavy (non-hydrogen) atoms. The van der Waals surface area contributed by atoms with E-state index in [0.717, 1.165) is 13.0 Å². The van der Waals surface area contributed by atoms with Gasteiger partial charge < -0.3 is 9.64 Å². The summed E-state index contributed by atoms with van der Waals surface area (Å²) in [6, 6.07) is 14.2. The predicted molar refractivity (Wildman–Crippen MR) is 116 cm³/mol. The van der Waals surface area contributed by atoms with Gasteiger partial charge in [-0.05, 0) is 47.4 Å². The van der Waals surface area contributed by atoms with Gasteiger partial charge in [0, 0.05) is 31.0 Å². The number of hydrogen-bond acceptors (Lipinski definition) is 5. The minimum atomic E-state index is -4.78. The number of aromatic nitrogens is 1. The Bertz CT molecular complexity index is 1240. The zero-order chi connectivity index (χ0) is 23.1. The SMILES string of the molecule is Fc1ccncc1-c1cccc(C2(c3ccc(OC(F)(F)F)cc3)N=CN3CCCN=C32)c1. The van der Waals surface area contributed by atoms with Crippen molar-refractivity contribution in [3.8, 4) is 16.9 Å². The van der Waals surface area contributed by atoms with Gasteiger partial charge in [0.2, 0.25) is 0 Å². The Kier molecular flexibility index (Phi) is 5.11. The topological polar surface area (TPSA) is 50.1 Å². The van der Waals surface area contributed by atoms with Crippen molar-refractivity contribution in [3.63, 3.8) is 0 Å². The van der Waals surface area contributed by atoms with Crippen molar-refractivity contribution in [2.75, 3.05) is 13.1 Å². The normalized spacial score (nSPS) is 19.9. The van der Waals surface area contributed by atoms with E-state index in [-0.39, 0.29) is 5.75 Å². The van der Waals surface area contributed by atoms with Crippen molar-refractivity contribution < 1.29 is 22.3 Å². The lowest BCUT2D eigenvalue weighted by Crippen LogP contribution is -2.43. The molecule has 0 saturated heterocycles. The Balaban J connectivity index is 1.65. The maximum atomic E-state index is 14.4. The molecule has 2 aliphatic rings. The van der Waals surface area contributed by atoms with Crippen LogP contribution in [-0.4, -0.2) is 41.5 Å². The molecule has 0 bridgehead atoms. The average molecular weight is 454 g/mol. The number of aliphatic imine (C=N–C) groups is 2. The van der Waals surface area contributed by atoms with Crippen molar-refractivity contribution in [1.29, 1.82) is 0 Å². The van der Waals surface area contributed by atoms with Crippen LogP contribution in [0, 0.1) is 5.82 Å². The second-order valence-corrected chi connectivity index (χ2v) is 7.72. The third-order valence-corrected chi connectivity index (χ3v) is 5.67. The molecule has 0 amide bonds. The number of fused-ring (bicyclic) bond motifs is 1. The molecule has 1 unspecified atom stereocenters. The van der Waals surface area contributed by atoms with E-state index in [1.807, 2.05) is 17.0 Å². The first-order valence-electron chi connectivity index (χ1n) is 10.3. The highest BCUT2D eigenvalue weighted by atomic mass is 19.4. The highest BCUT2D eigenvalue weighted by molar-refractivity contribution is 6.07. The van der Waals surface area contributed by atoms with Gasteiger partial charge in [0.15, 0.2) is 5.54 Å². The zero-order valence-electron chi connectivity index (χ0n) is 17.3. The number of alkyl halides is 3. The predicted octanol–water partition coefficient (Wildman–Crippen LogP) is 5.18. The van der Waals surface area contributed by atoms with Crippen LogP contribution in [0.3, 0.4) is 0 Å². The third-order valence-electron chi connectivity index (χ3n) is 5.67. The van der Waals surface area contributed by atoms with Crippen LogP contribution in [-0.2, 0) is 5.54 Å². The molecule has 3 heterocycles. The van der Waals surface area contributed by atoms with Crippen LogP contribution in [0.15, 0.2) is 77.0 Å². The van der Waals surface area contributed by atoms with Crippen LogP contribution in [0.25, 0.3) is 11.1 Å². The number of pyridine rings is 1. The highest BCUT2D eigenvalue weighted by Gasteiger charge is 2.46. The maximum Gasteiger partial charge on any atom is 0.573 e. The fourth-order valence-corrected chi connectivity index (χ4v) is 4.24. The standard InChI is InChI=1S/C24H18F4N4O/c25-21-9-11-29-14-20(21)16-3-1-4-18(13-16)23(22-30-10-2-12-32(22)15-31-23)17-5-7-19(8-6-17)33-24(26,27)28/h1,3-9,11,13-15H,2,10,12H2. The summed E-state index contributed by atoms with van der Waals surface area (Å²) in [4.78, 5) is 15.5. The Hall–Kier alpha value is -3.75. The van der Waals surface area contributed by atoms with Gasteiger partial charge in [0.1, 0.15) is 17.4 Å². The van der Waals surface area contributed by atoms with Crippen LogP contribution in [0.5, 0.6) is 5.75 Å². The van der Waals surface area contributed by atoms with Crippen molar-refractivity contribution in [2.24, 2.45) is 9.98 Å². The summed E-state index contributed by atoms with van der Waals surface area (Å²) >= 11 is 0. The van der Waals surface area contributed by atoms with Crippen LogP contribution in [0.2, 0.25) is 0 Å². The van der Waals surface area contributed by atoms with Crippen molar-refractivity contribution in [2.45, 2.75) is 18.3 Å². The number of benzene rings is 2. The van der Waals surface area contributed by atoms with Crippen LogP contribution >= 0.6 is 0 Å². The maximum absolute atomic E-state index is 14.4. The first-order valence-corrected chi connectivity index (χ1v) is 10.3. The molecule has 2 aromatic carbocycles. The van der Waals surface area contributed by atoms with Gasteiger partial charge in [-0.2, -0.15) is 0 Å². The molecule has 0 N–H and O–H groups in total. The molecule has 0 fully saturated rings. The quantitative estimate of drug-likeness (QED) is 0.511. The number of halogens is 4. The lowest BCUT2D eigenvalue weighted by atomic mass is 9.81. The Morgan fingerprint density at radius 2 is 1.82 bits per heavy atom. The monoisotopic (exact) mass is 454 g/mol. The lowest BCUT2D eigenvalue weighted by Gasteiger charge is -2.33. The molecule has 1 aromatic heterocycles. The van der Waals surface area contributed by atoms with E-state index in [0.29, 0.717) is 34.6 Å². The van der Waals surface area contributed by atoms with E-state index in [4.69, 9.17) is 9.98 Å². The summed E-state index contributed by atoms with van der Waals surface area (Å²) in [5.41, 5.74) is 1.21. The molecule has 3 aromatic rings. The van der Waals surface area contributed by atoms with E-state index < -0.39 is 17.7 Å². The molecule has 5 rings (SSSR count). The molecule has 2 aliphatic heterocycles. The molecule has 0 saturated carbocycles. The smallest absolute Gasteiger partial charge is 0.406 e. The third kappa shape index (κ3) is 3.83. The summed E-state index contributed by atoms with van der Waals surface area (Å²) in [5.74, 6) is -0.0459. The van der Waals surface area contributed by atoms with Crippen LogP contribution in [0.1, 0.15) is 17.5 Å². The number of hydrogen-bond donors (Lipinski definition) is 0. The molecule has 0 radical (unpaired) electrons. The molecular weight excluding hydrogens is 436 g/mol. The molecule has 1 atom stereocenters. The zero-order valence-corrected chi connectivity index (χ0v) is 17.3. The van der Waals surface area contributed by atoms with E-state index in [1.54, 1.807) is 30.6 Å². The summed E-state index contributed by atoms with van der Waals surface area (Å²) < 4.78 is 56.4. The number of nitrogens with zero attached hydrogens (tertiary/aromatic N) is 4. The fourth-order valence-electron chi connectivity index (χ4n) is 4.24. The molecular formula is C24H18F4N4O. The minimum absolute atomic E-state index is 0.322. The Morgan fingerprint density at radius 3 is 2.58 bits per heavy atom. The Morgan fingerprint density at radius 1 is 1.00 bits per heavy atom. The van der Waals surface area contributed by atoms with E-state index in [1.165, 1.54) is 30.6 Å². The van der Waals surface area contributed by atoms with Crippen molar-refractivity contribution in [3.05, 3.63) is 83.9 Å². The van der Waals surface area contributed by atoms with Crippen molar-refractivity contribution >= 4 is 12.2 Å². The van der Waals surface area contributed by atoms with Crippen LogP contribution in [0.4, 0.5) is 17.6 Å². The Labute approximate surface area is 187 Å². The highest BCUT2D eigenvalue weighted by Crippen LogP contribution is 2.42. The first-order chi connectivity index (χ1) is 15.9. The minimum Gasteiger partial charge on any atom is -0.406 e. The van der Waals surface area contributed by atoms with E-state index in [2.05, 4.69) is 9.72 Å². The lowest BCUT2D eigenvalue weighted by molar-refractivity contribution is -0.274. The number of rotatable bonds is 4. The fraction of sp³-hybridized carbons (Fsp3) is 0.208. The van der Waals surface area contributed by atoms with Gasteiger partial charge in [-0.25, -0.2) is 4.39 Å². The summed E-state index contributed by atoms with van der Waals surface area (Å²) in [6.45, 7) is 1.35. The summed E-state index contributed by atoms with van der Waals surface area (Å²) in [6.07, 6.45) is 0.620. The summed E-state index contributed by atoms with van der Waals surface area (Å²) in [7, 11) is 0. The molecule has 9 heteroatoms. The van der Waals surface area contributed by atoms with E-state index in [9.17, 15) is 17.6 Å². The summed E-state index contributed by atoms with van der Waals surface area (Å²) in [5, 5.41) is 0. The van der Waals surface area contributed by atoms with Gasteiger partial charge in [0.05, 0.1) is 6.34 Å². The van der Waals surface area contributed by atoms with Crippen LogP contribution < -0.4 is 4.74 Å². The second-order valence-electron chi connectivity index (χ2n) is 7.72. The van der Waals surface area contributed by atoms with Gasteiger partial charge >= 0.3 is 6.36 Å². The van der Waals surface area contributed by atoms with Gasteiger partial charge in [-0.15, -0.1) is 13.2 Å². The molecule has 0 aliphatic carbocycles. The second kappa shape index (κ2) is 7.99. The first kappa shape index (κ1) is 21.1. The van der Waals surface area contributed by atoms with Gasteiger partial charge in [-0.3, -0.25) is 15.0 Å². The number of ether oxygens (including phenoxy) is 1. The number of amidine groups is 1. The average Bonchev–Trinajstić information content (AvgIpc) is 3.20. The molecule has 5 nitrogen and oxygen atoms in total. The van der Waals surface area contributed by atoms with Gasteiger partial charge in [-0.1, -0.05) is 30.3 Å². The van der Waals surface area contributed by atoms with E-state index >= 15 is 0 Å². The largest absolute Gasteiger partial charge is 0.573 e. The van der Waals surface area contributed by atoms with Gasteiger partial charge in [0.25, 0.3) is 0 Å². The molecule has 168 valence electrons. The molecule has 0 spiro atoms. The van der Waals surface area contributed by atoms with Crippen molar-refractivity contribution in [1.82, 2.24) is 9.88 Å².